The quantitative estimate of drug-likeness (QED) is 0.571. The molecule has 6 nitrogen and oxygen atoms in total. The summed E-state index contributed by atoms with van der Waals surface area (Å²) in [7, 11) is -3.40. The standard InChI is InChI=1S/C10H13NO5S2/c1-10(2)6(9(13)14)11-7(12)5(8(11)17-10)4-18(3,15)16/h4,6,8H,1-3H3,(H,13,14)/b5-4-/t6-,8+/m0/s1. The fourth-order valence-corrected chi connectivity index (χ4v) is 4.58. The number of carbonyl (C=O) groups is 2. The lowest BCUT2D eigenvalue weighted by Crippen LogP contribution is -2.58. The number of amides is 1. The average Bonchev–Trinajstić information content (AvgIpc) is 2.42. The van der Waals surface area contributed by atoms with Gasteiger partial charge in [0.15, 0.2) is 9.84 Å². The molecule has 2 atom stereocenters. The molecular weight excluding hydrogens is 278 g/mol. The van der Waals surface area contributed by atoms with Crippen molar-refractivity contribution >= 4 is 33.5 Å². The smallest absolute Gasteiger partial charge is 0.327 e. The summed E-state index contributed by atoms with van der Waals surface area (Å²) in [6.45, 7) is 3.47. The highest BCUT2D eigenvalue weighted by Crippen LogP contribution is 2.53. The molecule has 1 amide bonds. The third-order valence-electron chi connectivity index (χ3n) is 2.93. The van der Waals surface area contributed by atoms with Crippen LogP contribution in [0.15, 0.2) is 11.0 Å². The van der Waals surface area contributed by atoms with Crippen LogP contribution in [-0.4, -0.2) is 52.7 Å². The third-order valence-corrected chi connectivity index (χ3v) is 5.14. The van der Waals surface area contributed by atoms with Crippen LogP contribution in [0.3, 0.4) is 0 Å². The molecule has 0 aromatic carbocycles. The van der Waals surface area contributed by atoms with Crippen LogP contribution in [0.1, 0.15) is 13.8 Å². The molecule has 2 heterocycles. The molecule has 0 bridgehead atoms. The predicted molar refractivity (Wildman–Crippen MR) is 66.7 cm³/mol. The molecule has 2 aliphatic rings. The zero-order valence-electron chi connectivity index (χ0n) is 10.1. The molecule has 18 heavy (non-hydrogen) atoms. The van der Waals surface area contributed by atoms with Crippen molar-refractivity contribution in [2.45, 2.75) is 30.0 Å². The second kappa shape index (κ2) is 3.74. The lowest BCUT2D eigenvalue weighted by molar-refractivity contribution is -0.152. The van der Waals surface area contributed by atoms with Crippen molar-refractivity contribution in [1.82, 2.24) is 4.90 Å². The Balaban J connectivity index is 2.39. The minimum atomic E-state index is -3.40. The van der Waals surface area contributed by atoms with Crippen LogP contribution >= 0.6 is 11.8 Å². The molecule has 2 rings (SSSR count). The Hall–Kier alpha value is -1.02. The first kappa shape index (κ1) is 13.4. The van der Waals surface area contributed by atoms with Crippen molar-refractivity contribution in [3.05, 3.63) is 11.0 Å². The van der Waals surface area contributed by atoms with Crippen molar-refractivity contribution in [2.75, 3.05) is 6.26 Å². The van der Waals surface area contributed by atoms with Gasteiger partial charge in [-0.1, -0.05) is 0 Å². The first-order valence-corrected chi connectivity index (χ1v) is 8.03. The number of fused-ring (bicyclic) bond motifs is 1. The van der Waals surface area contributed by atoms with E-state index in [9.17, 15) is 18.0 Å². The van der Waals surface area contributed by atoms with Crippen LogP contribution in [-0.2, 0) is 19.4 Å². The van der Waals surface area contributed by atoms with Gasteiger partial charge in [0, 0.05) is 16.4 Å². The minimum Gasteiger partial charge on any atom is -0.480 e. The van der Waals surface area contributed by atoms with Crippen molar-refractivity contribution in [1.29, 1.82) is 0 Å². The normalized spacial score (nSPS) is 32.3. The van der Waals surface area contributed by atoms with Gasteiger partial charge in [-0.2, -0.15) is 0 Å². The van der Waals surface area contributed by atoms with E-state index in [2.05, 4.69) is 0 Å². The first-order chi connectivity index (χ1) is 8.04. The lowest BCUT2D eigenvalue weighted by atomic mass is 9.96. The summed E-state index contributed by atoms with van der Waals surface area (Å²) in [4.78, 5) is 24.3. The molecule has 0 radical (unpaired) electrons. The lowest BCUT2D eigenvalue weighted by Gasteiger charge is -2.38. The summed E-state index contributed by atoms with van der Waals surface area (Å²) in [5.74, 6) is -1.57. The summed E-state index contributed by atoms with van der Waals surface area (Å²) >= 11 is 1.30. The highest BCUT2D eigenvalue weighted by molar-refractivity contribution is 8.02. The Morgan fingerprint density at radius 1 is 1.50 bits per heavy atom. The van der Waals surface area contributed by atoms with Crippen molar-refractivity contribution in [3.63, 3.8) is 0 Å². The van der Waals surface area contributed by atoms with E-state index < -0.39 is 37.9 Å². The number of sulfone groups is 1. The van der Waals surface area contributed by atoms with Gasteiger partial charge in [-0.3, -0.25) is 4.79 Å². The van der Waals surface area contributed by atoms with Gasteiger partial charge < -0.3 is 10.0 Å². The van der Waals surface area contributed by atoms with E-state index in [0.29, 0.717) is 0 Å². The second-order valence-corrected chi connectivity index (χ2v) is 8.56. The van der Waals surface area contributed by atoms with Gasteiger partial charge in [0.1, 0.15) is 11.4 Å². The number of hydrogen-bond acceptors (Lipinski definition) is 5. The van der Waals surface area contributed by atoms with Crippen LogP contribution in [0, 0.1) is 0 Å². The van der Waals surface area contributed by atoms with Crippen molar-refractivity contribution < 1.29 is 23.1 Å². The molecular formula is C10H13NO5S2. The predicted octanol–water partition coefficient (Wildman–Crippen LogP) is 0.0618. The van der Waals surface area contributed by atoms with Gasteiger partial charge in [-0.05, 0) is 13.8 Å². The number of carboxylic acid groups (broad SMARTS) is 1. The molecule has 2 saturated heterocycles. The topological polar surface area (TPSA) is 91.8 Å². The maximum absolute atomic E-state index is 11.8. The Bertz CT molecular complexity index is 563. The van der Waals surface area contributed by atoms with Gasteiger partial charge in [0.2, 0.25) is 0 Å². The van der Waals surface area contributed by atoms with E-state index in [4.69, 9.17) is 5.11 Å². The zero-order valence-corrected chi connectivity index (χ0v) is 11.7. The number of thioether (sulfide) groups is 1. The largest absolute Gasteiger partial charge is 0.480 e. The molecule has 2 aliphatic heterocycles. The summed E-state index contributed by atoms with van der Waals surface area (Å²) in [5, 5.41) is 9.63. The molecule has 1 N–H and O–H groups in total. The van der Waals surface area contributed by atoms with Gasteiger partial charge in [0.05, 0.1) is 5.57 Å². The average molecular weight is 291 g/mol. The maximum Gasteiger partial charge on any atom is 0.327 e. The molecule has 2 fully saturated rings. The fourth-order valence-electron chi connectivity index (χ4n) is 2.26. The van der Waals surface area contributed by atoms with E-state index in [0.717, 1.165) is 11.7 Å². The fraction of sp³-hybridized carbons (Fsp3) is 0.600. The summed E-state index contributed by atoms with van der Waals surface area (Å²) in [5.41, 5.74) is 0.166. The van der Waals surface area contributed by atoms with E-state index >= 15 is 0 Å². The number of β-lactam (4-membered cyclic amide) rings is 1. The summed E-state index contributed by atoms with van der Waals surface area (Å²) < 4.78 is 21.7. The first-order valence-electron chi connectivity index (χ1n) is 5.19. The SMILES string of the molecule is CC1(C)S[C@@H]2/C(=C\S(C)(=O)=O)C(=O)N2[C@H]1C(=O)O. The third kappa shape index (κ3) is 1.93. The van der Waals surface area contributed by atoms with Gasteiger partial charge >= 0.3 is 5.97 Å². The molecule has 8 heteroatoms. The Kier molecular flexibility index (Phi) is 2.78. The van der Waals surface area contributed by atoms with Crippen LogP contribution in [0.5, 0.6) is 0 Å². The molecule has 0 aliphatic carbocycles. The molecule has 0 spiro atoms. The number of carbonyl (C=O) groups excluding carboxylic acids is 1. The highest BCUT2D eigenvalue weighted by atomic mass is 32.2. The maximum atomic E-state index is 11.8. The molecule has 0 aromatic rings. The Morgan fingerprint density at radius 2 is 2.06 bits per heavy atom. The number of carboxylic acids is 1. The van der Waals surface area contributed by atoms with Crippen LogP contribution in [0.25, 0.3) is 0 Å². The van der Waals surface area contributed by atoms with Crippen LogP contribution in [0.4, 0.5) is 0 Å². The van der Waals surface area contributed by atoms with Gasteiger partial charge in [0.25, 0.3) is 5.91 Å². The summed E-state index contributed by atoms with van der Waals surface area (Å²) in [6.07, 6.45) is 1.01. The van der Waals surface area contributed by atoms with E-state index in [-0.39, 0.29) is 5.57 Å². The monoisotopic (exact) mass is 291 g/mol. The van der Waals surface area contributed by atoms with Crippen molar-refractivity contribution in [2.24, 2.45) is 0 Å². The molecule has 0 aromatic heterocycles. The minimum absolute atomic E-state index is 0.166. The number of nitrogens with zero attached hydrogens (tertiary/aromatic N) is 1. The number of aliphatic carboxylic acids is 1. The van der Waals surface area contributed by atoms with Gasteiger partial charge in [-0.25, -0.2) is 13.2 Å². The zero-order chi connectivity index (χ0) is 13.9. The second-order valence-electron chi connectivity index (χ2n) is 4.93. The number of hydrogen-bond donors (Lipinski definition) is 1. The van der Waals surface area contributed by atoms with E-state index in [1.165, 1.54) is 16.7 Å². The Morgan fingerprint density at radius 3 is 2.50 bits per heavy atom. The van der Waals surface area contributed by atoms with E-state index in [1.807, 2.05) is 0 Å². The highest BCUT2D eigenvalue weighted by Gasteiger charge is 2.61. The Labute approximate surface area is 109 Å². The van der Waals surface area contributed by atoms with Gasteiger partial charge in [-0.15, -0.1) is 11.8 Å². The van der Waals surface area contributed by atoms with Crippen molar-refractivity contribution in [3.8, 4) is 0 Å². The molecule has 0 saturated carbocycles. The number of rotatable bonds is 2. The summed E-state index contributed by atoms with van der Waals surface area (Å²) in [6, 6.07) is -0.920. The van der Waals surface area contributed by atoms with E-state index in [1.54, 1.807) is 13.8 Å². The molecule has 0 unspecified atom stereocenters. The van der Waals surface area contributed by atoms with Crippen LogP contribution in [0.2, 0.25) is 0 Å². The van der Waals surface area contributed by atoms with Crippen LogP contribution < -0.4 is 0 Å². The molecule has 100 valence electrons.